The topological polar surface area (TPSA) is 38.2 Å². The van der Waals surface area contributed by atoms with Crippen LogP contribution >= 0.6 is 11.8 Å². The Bertz CT molecular complexity index is 359. The number of aromatic nitrogens is 2. The zero-order chi connectivity index (χ0) is 12.1. The van der Waals surface area contributed by atoms with Crippen LogP contribution in [0, 0.1) is 5.92 Å². The molecular formula is C12H19N3OS. The first-order valence-electron chi connectivity index (χ1n) is 5.93. The Balaban J connectivity index is 2.05. The maximum atomic E-state index is 5.24. The van der Waals surface area contributed by atoms with Gasteiger partial charge in [0.2, 0.25) is 0 Å². The molecule has 0 spiro atoms. The Hall–Kier alpha value is -0.810. The Kier molecular flexibility index (Phi) is 4.62. The van der Waals surface area contributed by atoms with E-state index >= 15 is 0 Å². The van der Waals surface area contributed by atoms with Gasteiger partial charge in [-0.1, -0.05) is 0 Å². The molecule has 4 nitrogen and oxygen atoms in total. The summed E-state index contributed by atoms with van der Waals surface area (Å²) in [6.45, 7) is 2.94. The van der Waals surface area contributed by atoms with E-state index in [0.717, 1.165) is 30.5 Å². The van der Waals surface area contributed by atoms with Crippen molar-refractivity contribution in [1.82, 2.24) is 9.97 Å². The van der Waals surface area contributed by atoms with Crippen molar-refractivity contribution in [3.63, 3.8) is 0 Å². The number of ether oxygens (including phenoxy) is 1. The molecule has 0 aliphatic carbocycles. The smallest absolute Gasteiger partial charge is 0.148 e. The highest BCUT2D eigenvalue weighted by atomic mass is 32.2. The minimum absolute atomic E-state index is 0.619. The van der Waals surface area contributed by atoms with Gasteiger partial charge in [0.05, 0.1) is 19.0 Å². The molecular weight excluding hydrogens is 234 g/mol. The van der Waals surface area contributed by atoms with E-state index in [4.69, 9.17) is 4.74 Å². The fourth-order valence-corrected chi connectivity index (χ4v) is 2.59. The van der Waals surface area contributed by atoms with Crippen LogP contribution in [-0.4, -0.2) is 43.0 Å². The highest BCUT2D eigenvalue weighted by molar-refractivity contribution is 7.98. The molecule has 0 bridgehead atoms. The Labute approximate surface area is 107 Å². The minimum atomic E-state index is 0.619. The molecule has 17 heavy (non-hydrogen) atoms. The normalized spacial score (nSPS) is 20.6. The van der Waals surface area contributed by atoms with Gasteiger partial charge in [-0.05, 0) is 25.0 Å². The van der Waals surface area contributed by atoms with Crippen molar-refractivity contribution >= 4 is 17.6 Å². The van der Waals surface area contributed by atoms with Crippen molar-refractivity contribution in [3.8, 4) is 0 Å². The molecule has 0 aromatic carbocycles. The molecule has 2 heterocycles. The van der Waals surface area contributed by atoms with Crippen LogP contribution in [0.15, 0.2) is 17.4 Å². The minimum Gasteiger partial charge on any atom is -0.384 e. The van der Waals surface area contributed by atoms with Gasteiger partial charge < -0.3 is 9.64 Å². The maximum absolute atomic E-state index is 5.24. The molecule has 0 amide bonds. The van der Waals surface area contributed by atoms with Crippen molar-refractivity contribution in [2.45, 2.75) is 17.9 Å². The predicted octanol–water partition coefficient (Wildman–Crippen LogP) is 2.06. The molecule has 1 fully saturated rings. The Morgan fingerprint density at radius 2 is 2.41 bits per heavy atom. The van der Waals surface area contributed by atoms with E-state index in [1.807, 2.05) is 18.6 Å². The summed E-state index contributed by atoms with van der Waals surface area (Å²) >= 11 is 1.63. The second-order valence-corrected chi connectivity index (χ2v) is 5.16. The number of rotatable bonds is 4. The van der Waals surface area contributed by atoms with E-state index in [9.17, 15) is 0 Å². The number of anilines is 1. The van der Waals surface area contributed by atoms with Crippen molar-refractivity contribution in [1.29, 1.82) is 0 Å². The summed E-state index contributed by atoms with van der Waals surface area (Å²) in [6.07, 6.45) is 8.15. The molecule has 1 aromatic rings. The van der Waals surface area contributed by atoms with Crippen LogP contribution in [0.2, 0.25) is 0 Å². The summed E-state index contributed by atoms with van der Waals surface area (Å²) in [6, 6.07) is 0. The largest absolute Gasteiger partial charge is 0.384 e. The Morgan fingerprint density at radius 1 is 1.53 bits per heavy atom. The molecule has 0 N–H and O–H groups in total. The molecule has 1 aliphatic rings. The van der Waals surface area contributed by atoms with Gasteiger partial charge in [0, 0.05) is 20.2 Å². The first-order chi connectivity index (χ1) is 8.33. The molecule has 0 saturated carbocycles. The van der Waals surface area contributed by atoms with Gasteiger partial charge >= 0.3 is 0 Å². The lowest BCUT2D eigenvalue weighted by Crippen LogP contribution is -2.37. The third kappa shape index (κ3) is 3.33. The molecule has 1 aromatic heterocycles. The maximum Gasteiger partial charge on any atom is 0.148 e. The molecule has 1 saturated heterocycles. The van der Waals surface area contributed by atoms with Crippen LogP contribution < -0.4 is 4.90 Å². The van der Waals surface area contributed by atoms with Gasteiger partial charge in [-0.15, -0.1) is 11.8 Å². The van der Waals surface area contributed by atoms with Crippen molar-refractivity contribution in [2.24, 2.45) is 5.92 Å². The highest BCUT2D eigenvalue weighted by Crippen LogP contribution is 2.22. The van der Waals surface area contributed by atoms with Gasteiger partial charge in [0.25, 0.3) is 0 Å². The van der Waals surface area contributed by atoms with Crippen molar-refractivity contribution < 1.29 is 4.74 Å². The van der Waals surface area contributed by atoms with Gasteiger partial charge in [-0.3, -0.25) is 4.98 Å². The number of thioether (sulfide) groups is 1. The predicted molar refractivity (Wildman–Crippen MR) is 70.6 cm³/mol. The van der Waals surface area contributed by atoms with Gasteiger partial charge in [0.1, 0.15) is 10.8 Å². The summed E-state index contributed by atoms with van der Waals surface area (Å²) in [5, 5.41) is 0.983. The van der Waals surface area contributed by atoms with Crippen LogP contribution in [-0.2, 0) is 4.74 Å². The lowest BCUT2D eigenvalue weighted by Gasteiger charge is -2.33. The average Bonchev–Trinajstić information content (AvgIpc) is 2.40. The number of nitrogens with zero attached hydrogens (tertiary/aromatic N) is 3. The molecule has 5 heteroatoms. The van der Waals surface area contributed by atoms with E-state index in [2.05, 4.69) is 14.9 Å². The summed E-state index contributed by atoms with van der Waals surface area (Å²) < 4.78 is 5.24. The van der Waals surface area contributed by atoms with Gasteiger partial charge in [-0.25, -0.2) is 4.98 Å². The van der Waals surface area contributed by atoms with E-state index in [1.165, 1.54) is 12.8 Å². The molecule has 0 radical (unpaired) electrons. The first kappa shape index (κ1) is 12.6. The monoisotopic (exact) mass is 253 g/mol. The van der Waals surface area contributed by atoms with E-state index in [-0.39, 0.29) is 0 Å². The van der Waals surface area contributed by atoms with E-state index in [0.29, 0.717) is 5.92 Å². The SMILES string of the molecule is COC[C@@H]1CCCN(c2cncc(SC)n2)C1. The number of hydrogen-bond acceptors (Lipinski definition) is 5. The van der Waals surface area contributed by atoms with Gasteiger partial charge in [0.15, 0.2) is 0 Å². The molecule has 2 rings (SSSR count). The van der Waals surface area contributed by atoms with Crippen molar-refractivity contribution in [2.75, 3.05) is 38.0 Å². The van der Waals surface area contributed by atoms with Crippen molar-refractivity contribution in [3.05, 3.63) is 12.4 Å². The third-order valence-electron chi connectivity index (χ3n) is 3.05. The van der Waals surface area contributed by atoms with E-state index < -0.39 is 0 Å². The highest BCUT2D eigenvalue weighted by Gasteiger charge is 2.21. The standard InChI is InChI=1S/C12H19N3OS/c1-16-9-10-4-3-5-15(8-10)11-6-13-7-12(14-11)17-2/h6-7,10H,3-5,8-9H2,1-2H3/t10-/m1/s1. The van der Waals surface area contributed by atoms with Crippen LogP contribution in [0.4, 0.5) is 5.82 Å². The lowest BCUT2D eigenvalue weighted by molar-refractivity contribution is 0.143. The Morgan fingerprint density at radius 3 is 3.18 bits per heavy atom. The summed E-state index contributed by atoms with van der Waals surface area (Å²) in [5.74, 6) is 1.62. The molecule has 1 aliphatic heterocycles. The summed E-state index contributed by atoms with van der Waals surface area (Å²) in [4.78, 5) is 11.2. The fourth-order valence-electron chi connectivity index (χ4n) is 2.23. The van der Waals surface area contributed by atoms with Crippen LogP contribution in [0.25, 0.3) is 0 Å². The van der Waals surface area contributed by atoms with E-state index in [1.54, 1.807) is 18.9 Å². The average molecular weight is 253 g/mol. The molecule has 94 valence electrons. The molecule has 0 unspecified atom stereocenters. The quantitative estimate of drug-likeness (QED) is 0.768. The zero-order valence-electron chi connectivity index (χ0n) is 10.4. The summed E-state index contributed by atoms with van der Waals surface area (Å²) in [5.41, 5.74) is 0. The van der Waals surface area contributed by atoms with Crippen LogP contribution in [0.3, 0.4) is 0 Å². The van der Waals surface area contributed by atoms with Gasteiger partial charge in [-0.2, -0.15) is 0 Å². The number of hydrogen-bond donors (Lipinski definition) is 0. The second kappa shape index (κ2) is 6.21. The second-order valence-electron chi connectivity index (χ2n) is 4.33. The summed E-state index contributed by atoms with van der Waals surface area (Å²) in [7, 11) is 1.77. The zero-order valence-corrected chi connectivity index (χ0v) is 11.2. The van der Waals surface area contributed by atoms with Crippen LogP contribution in [0.1, 0.15) is 12.8 Å². The molecule has 1 atom stereocenters. The number of piperidine rings is 1. The van der Waals surface area contributed by atoms with Crippen LogP contribution in [0.5, 0.6) is 0 Å². The fraction of sp³-hybridized carbons (Fsp3) is 0.667. The lowest BCUT2D eigenvalue weighted by atomic mass is 9.99. The first-order valence-corrected chi connectivity index (χ1v) is 7.16. The number of methoxy groups -OCH3 is 1. The third-order valence-corrected chi connectivity index (χ3v) is 3.67.